The third-order valence-electron chi connectivity index (χ3n) is 2.94. The number of halogens is 1. The molecule has 0 amide bonds. The molecule has 0 fully saturated rings. The fourth-order valence-electron chi connectivity index (χ4n) is 1.86. The minimum Gasteiger partial charge on any atom is -0.493 e. The highest BCUT2D eigenvalue weighted by Crippen LogP contribution is 2.30. The molecule has 0 atom stereocenters. The fourth-order valence-corrected chi connectivity index (χ4v) is 3.33. The molecule has 0 saturated carbocycles. The Morgan fingerprint density at radius 3 is 2.45 bits per heavy atom. The molecule has 1 aromatic carbocycles. The van der Waals surface area contributed by atoms with Gasteiger partial charge in [-0.25, -0.2) is 0 Å². The summed E-state index contributed by atoms with van der Waals surface area (Å²) in [5.41, 5.74) is 0.912. The Balaban J connectivity index is 2.19. The second-order valence-electron chi connectivity index (χ2n) is 4.30. The zero-order valence-corrected chi connectivity index (χ0v) is 13.9. The molecule has 0 N–H and O–H groups in total. The normalized spacial score (nSPS) is 10.4. The summed E-state index contributed by atoms with van der Waals surface area (Å²) in [4.78, 5) is 14.1. The third-order valence-corrected chi connectivity index (χ3v) is 5.12. The maximum absolute atomic E-state index is 12.3. The Labute approximate surface area is 130 Å². The SMILES string of the molecule is COc1ccc(CC(=O)c2cc(Br)c(C)s2)cc1OC. The van der Waals surface area contributed by atoms with Crippen molar-refractivity contribution >= 4 is 33.0 Å². The topological polar surface area (TPSA) is 35.5 Å². The van der Waals surface area contributed by atoms with Crippen molar-refractivity contribution in [3.63, 3.8) is 0 Å². The largest absolute Gasteiger partial charge is 0.493 e. The van der Waals surface area contributed by atoms with Crippen molar-refractivity contribution in [2.24, 2.45) is 0 Å². The molecule has 2 rings (SSSR count). The minimum atomic E-state index is 0.107. The van der Waals surface area contributed by atoms with Crippen molar-refractivity contribution in [1.29, 1.82) is 0 Å². The molecule has 2 aromatic rings. The second kappa shape index (κ2) is 6.41. The van der Waals surface area contributed by atoms with Gasteiger partial charge in [-0.15, -0.1) is 11.3 Å². The number of aryl methyl sites for hydroxylation is 1. The van der Waals surface area contributed by atoms with Gasteiger partial charge in [-0.1, -0.05) is 6.07 Å². The van der Waals surface area contributed by atoms with Gasteiger partial charge in [-0.2, -0.15) is 0 Å². The molecule has 1 aromatic heterocycles. The molecule has 1 heterocycles. The van der Waals surface area contributed by atoms with E-state index in [4.69, 9.17) is 9.47 Å². The van der Waals surface area contributed by atoms with Crippen molar-refractivity contribution in [2.75, 3.05) is 14.2 Å². The van der Waals surface area contributed by atoms with Gasteiger partial charge in [0.05, 0.1) is 19.1 Å². The molecule has 20 heavy (non-hydrogen) atoms. The summed E-state index contributed by atoms with van der Waals surface area (Å²) in [6.07, 6.45) is 0.354. The van der Waals surface area contributed by atoms with E-state index < -0.39 is 0 Å². The number of carbonyl (C=O) groups excluding carboxylic acids is 1. The van der Waals surface area contributed by atoms with E-state index in [-0.39, 0.29) is 5.78 Å². The van der Waals surface area contributed by atoms with Crippen molar-refractivity contribution in [1.82, 2.24) is 0 Å². The highest BCUT2D eigenvalue weighted by molar-refractivity contribution is 9.10. The molecule has 0 saturated heterocycles. The predicted octanol–water partition coefficient (Wildman–Crippen LogP) is 4.26. The van der Waals surface area contributed by atoms with Crippen LogP contribution in [0.25, 0.3) is 0 Å². The lowest BCUT2D eigenvalue weighted by Gasteiger charge is -2.08. The van der Waals surface area contributed by atoms with Gasteiger partial charge in [0.2, 0.25) is 0 Å². The molecular formula is C15H15BrO3S. The number of ether oxygens (including phenoxy) is 2. The van der Waals surface area contributed by atoms with E-state index in [0.717, 1.165) is 19.8 Å². The summed E-state index contributed by atoms with van der Waals surface area (Å²) in [6, 6.07) is 7.42. The van der Waals surface area contributed by atoms with Crippen LogP contribution in [0, 0.1) is 6.92 Å². The Kier molecular flexibility index (Phi) is 4.83. The van der Waals surface area contributed by atoms with Crippen molar-refractivity contribution in [2.45, 2.75) is 13.3 Å². The van der Waals surface area contributed by atoms with E-state index >= 15 is 0 Å². The molecule has 0 aliphatic carbocycles. The molecule has 3 nitrogen and oxygen atoms in total. The van der Waals surface area contributed by atoms with E-state index in [1.54, 1.807) is 14.2 Å². The number of ketones is 1. The Bertz CT molecular complexity index is 615. The number of Topliss-reactive ketones (excluding diaryl/α,β-unsaturated/α-hetero) is 1. The van der Waals surface area contributed by atoms with E-state index in [0.29, 0.717) is 17.9 Å². The minimum absolute atomic E-state index is 0.107. The number of hydrogen-bond donors (Lipinski definition) is 0. The smallest absolute Gasteiger partial charge is 0.177 e. The lowest BCUT2D eigenvalue weighted by atomic mass is 10.1. The number of methoxy groups -OCH3 is 2. The summed E-state index contributed by atoms with van der Waals surface area (Å²) in [5.74, 6) is 1.41. The van der Waals surface area contributed by atoms with Crippen LogP contribution in [0.2, 0.25) is 0 Å². The van der Waals surface area contributed by atoms with Gasteiger partial charge < -0.3 is 9.47 Å². The van der Waals surface area contributed by atoms with Crippen LogP contribution < -0.4 is 9.47 Å². The number of benzene rings is 1. The van der Waals surface area contributed by atoms with Crippen LogP contribution in [0.5, 0.6) is 11.5 Å². The van der Waals surface area contributed by atoms with Gasteiger partial charge in [0.1, 0.15) is 0 Å². The van der Waals surface area contributed by atoms with E-state index in [9.17, 15) is 4.79 Å². The van der Waals surface area contributed by atoms with Gasteiger partial charge in [-0.3, -0.25) is 4.79 Å². The van der Waals surface area contributed by atoms with Crippen molar-refractivity contribution in [3.8, 4) is 11.5 Å². The first-order valence-electron chi connectivity index (χ1n) is 6.05. The summed E-state index contributed by atoms with van der Waals surface area (Å²) < 4.78 is 11.4. The molecule has 5 heteroatoms. The van der Waals surface area contributed by atoms with Gasteiger partial charge >= 0.3 is 0 Å². The molecule has 0 aliphatic rings. The molecule has 0 radical (unpaired) electrons. The van der Waals surface area contributed by atoms with Gasteiger partial charge in [0, 0.05) is 15.8 Å². The van der Waals surface area contributed by atoms with Crippen LogP contribution in [0.1, 0.15) is 20.1 Å². The maximum atomic E-state index is 12.3. The van der Waals surface area contributed by atoms with Crippen molar-refractivity contribution in [3.05, 3.63) is 44.1 Å². The first kappa shape index (κ1) is 15.1. The lowest BCUT2D eigenvalue weighted by Crippen LogP contribution is -2.02. The first-order valence-corrected chi connectivity index (χ1v) is 7.66. The van der Waals surface area contributed by atoms with E-state index in [1.807, 2.05) is 31.2 Å². The molecule has 106 valence electrons. The highest BCUT2D eigenvalue weighted by atomic mass is 79.9. The molecule has 0 unspecified atom stereocenters. The zero-order chi connectivity index (χ0) is 14.7. The zero-order valence-electron chi connectivity index (χ0n) is 11.5. The molecule has 0 bridgehead atoms. The second-order valence-corrected chi connectivity index (χ2v) is 6.41. The van der Waals surface area contributed by atoms with E-state index in [2.05, 4.69) is 15.9 Å². The van der Waals surface area contributed by atoms with Crippen LogP contribution in [0.15, 0.2) is 28.7 Å². The average Bonchev–Trinajstić information content (AvgIpc) is 2.78. The Morgan fingerprint density at radius 1 is 1.20 bits per heavy atom. The Hall–Kier alpha value is -1.33. The number of carbonyl (C=O) groups is 1. The van der Waals surface area contributed by atoms with Crippen molar-refractivity contribution < 1.29 is 14.3 Å². The fraction of sp³-hybridized carbons (Fsp3) is 0.267. The number of rotatable bonds is 5. The van der Waals surface area contributed by atoms with Gasteiger partial charge in [0.25, 0.3) is 0 Å². The van der Waals surface area contributed by atoms with E-state index in [1.165, 1.54) is 11.3 Å². The van der Waals surface area contributed by atoms with Crippen LogP contribution in [0.3, 0.4) is 0 Å². The lowest BCUT2D eigenvalue weighted by molar-refractivity contribution is 0.0996. The predicted molar refractivity (Wildman–Crippen MR) is 84.3 cm³/mol. The van der Waals surface area contributed by atoms with Crippen LogP contribution >= 0.6 is 27.3 Å². The molecule has 0 aliphatic heterocycles. The van der Waals surface area contributed by atoms with Crippen LogP contribution in [0.4, 0.5) is 0 Å². The summed E-state index contributed by atoms with van der Waals surface area (Å²) >= 11 is 4.94. The molecule has 0 spiro atoms. The average molecular weight is 355 g/mol. The third kappa shape index (κ3) is 3.22. The quantitative estimate of drug-likeness (QED) is 0.752. The molecular weight excluding hydrogens is 340 g/mol. The number of thiophene rings is 1. The van der Waals surface area contributed by atoms with Gasteiger partial charge in [-0.05, 0) is 46.6 Å². The first-order chi connectivity index (χ1) is 9.55. The van der Waals surface area contributed by atoms with Gasteiger partial charge in [0.15, 0.2) is 17.3 Å². The summed E-state index contributed by atoms with van der Waals surface area (Å²) in [7, 11) is 3.18. The standard InChI is InChI=1S/C15H15BrO3S/c1-9-11(16)8-15(20-9)12(17)6-10-4-5-13(18-2)14(7-10)19-3/h4-5,7-8H,6H2,1-3H3. The highest BCUT2D eigenvalue weighted by Gasteiger charge is 2.13. The number of hydrogen-bond acceptors (Lipinski definition) is 4. The summed E-state index contributed by atoms with van der Waals surface area (Å²) in [5, 5.41) is 0. The van der Waals surface area contributed by atoms with Crippen LogP contribution in [-0.2, 0) is 6.42 Å². The summed E-state index contributed by atoms with van der Waals surface area (Å²) in [6.45, 7) is 1.99. The maximum Gasteiger partial charge on any atom is 0.177 e. The Morgan fingerprint density at radius 2 is 1.90 bits per heavy atom. The van der Waals surface area contributed by atoms with Crippen LogP contribution in [-0.4, -0.2) is 20.0 Å². The monoisotopic (exact) mass is 354 g/mol.